The van der Waals surface area contributed by atoms with Crippen LogP contribution < -0.4 is 15.4 Å². The zero-order valence-corrected chi connectivity index (χ0v) is 16.0. The van der Waals surface area contributed by atoms with Gasteiger partial charge < -0.3 is 20.5 Å². The topological polar surface area (TPSA) is 87.7 Å². The lowest BCUT2D eigenvalue weighted by Gasteiger charge is -2.22. The van der Waals surface area contributed by atoms with Gasteiger partial charge in [-0.05, 0) is 54.7 Å². The molecule has 1 aliphatic heterocycles. The molecule has 3 N–H and O–H groups in total. The number of carbonyl (C=O) groups excluding carboxylic acids is 2. The predicted octanol–water partition coefficient (Wildman–Crippen LogP) is 2.64. The molecule has 2 aromatic carbocycles. The monoisotopic (exact) mass is 382 g/mol. The van der Waals surface area contributed by atoms with Gasteiger partial charge in [0.05, 0.1) is 13.2 Å². The molecule has 28 heavy (non-hydrogen) atoms. The van der Waals surface area contributed by atoms with E-state index in [-0.39, 0.29) is 18.4 Å². The van der Waals surface area contributed by atoms with Crippen LogP contribution in [0.5, 0.6) is 5.75 Å². The van der Waals surface area contributed by atoms with Gasteiger partial charge in [-0.15, -0.1) is 0 Å². The van der Waals surface area contributed by atoms with Gasteiger partial charge in [0, 0.05) is 17.7 Å². The van der Waals surface area contributed by atoms with Crippen LogP contribution in [0.15, 0.2) is 42.5 Å². The number of amides is 2. The zero-order chi connectivity index (χ0) is 19.9. The van der Waals surface area contributed by atoms with E-state index < -0.39 is 6.04 Å². The molecule has 1 heterocycles. The molecule has 1 aliphatic rings. The number of rotatable bonds is 7. The Bertz CT molecular complexity index is 850. The second kappa shape index (κ2) is 9.37. The minimum Gasteiger partial charge on any atom is -0.493 e. The number of aliphatic hydroxyl groups excluding tert-OH is 1. The first-order valence-corrected chi connectivity index (χ1v) is 9.68. The molecule has 0 unspecified atom stereocenters. The lowest BCUT2D eigenvalue weighted by atomic mass is 10.00. The highest BCUT2D eigenvalue weighted by molar-refractivity contribution is 5.98. The maximum absolute atomic E-state index is 12.6. The van der Waals surface area contributed by atoms with Crippen LogP contribution in [0.2, 0.25) is 0 Å². The molecule has 148 valence electrons. The van der Waals surface area contributed by atoms with Gasteiger partial charge in [0.2, 0.25) is 5.91 Å². The van der Waals surface area contributed by atoms with Gasteiger partial charge in [-0.1, -0.05) is 25.1 Å². The van der Waals surface area contributed by atoms with Crippen molar-refractivity contribution in [3.63, 3.8) is 0 Å². The number of hydrogen-bond acceptors (Lipinski definition) is 4. The number of aliphatic hydroxyl groups is 1. The van der Waals surface area contributed by atoms with Crippen LogP contribution in [0.3, 0.4) is 0 Å². The van der Waals surface area contributed by atoms with Gasteiger partial charge in [0.25, 0.3) is 5.91 Å². The van der Waals surface area contributed by atoms with Gasteiger partial charge in [-0.3, -0.25) is 9.59 Å². The van der Waals surface area contributed by atoms with Crippen LogP contribution in [0.1, 0.15) is 42.1 Å². The summed E-state index contributed by atoms with van der Waals surface area (Å²) < 4.78 is 5.66. The lowest BCUT2D eigenvalue weighted by molar-refractivity contribution is -0.124. The first-order valence-electron chi connectivity index (χ1n) is 9.68. The first kappa shape index (κ1) is 19.9. The predicted molar refractivity (Wildman–Crippen MR) is 107 cm³/mol. The fourth-order valence-electron chi connectivity index (χ4n) is 3.23. The Kier molecular flexibility index (Phi) is 6.66. The van der Waals surface area contributed by atoms with Crippen LogP contribution in [-0.4, -0.2) is 36.1 Å². The highest BCUT2D eigenvalue weighted by Crippen LogP contribution is 2.27. The fraction of sp³-hybridized carbons (Fsp3) is 0.364. The molecule has 0 aliphatic carbocycles. The van der Waals surface area contributed by atoms with Gasteiger partial charge in [-0.2, -0.15) is 0 Å². The molecular formula is C22H26N2O4. The Hall–Kier alpha value is -2.86. The summed E-state index contributed by atoms with van der Waals surface area (Å²) in [6, 6.07) is 12.4. The summed E-state index contributed by atoms with van der Waals surface area (Å²) in [6.45, 7) is 3.16. The molecule has 2 amide bonds. The third-order valence-corrected chi connectivity index (χ3v) is 4.74. The average Bonchev–Trinajstić information content (AvgIpc) is 2.73. The zero-order valence-electron chi connectivity index (χ0n) is 16.0. The number of benzene rings is 2. The molecule has 0 spiro atoms. The largest absolute Gasteiger partial charge is 0.493 e. The SMILES string of the molecule is CCCOc1ccc(-c2cccc(C(=O)N[C@@H]3CCCNC3=O)c2)cc1CO. The van der Waals surface area contributed by atoms with Crippen LogP contribution in [0.25, 0.3) is 11.1 Å². The summed E-state index contributed by atoms with van der Waals surface area (Å²) in [5.74, 6) is 0.269. The van der Waals surface area contributed by atoms with E-state index in [1.165, 1.54) is 0 Å². The number of ether oxygens (including phenoxy) is 1. The molecule has 2 aromatic rings. The molecular weight excluding hydrogens is 356 g/mol. The van der Waals surface area contributed by atoms with Crippen LogP contribution in [0.4, 0.5) is 0 Å². The molecule has 3 rings (SSSR count). The van der Waals surface area contributed by atoms with E-state index in [0.29, 0.717) is 36.4 Å². The van der Waals surface area contributed by atoms with Crippen molar-refractivity contribution in [2.45, 2.75) is 38.8 Å². The third-order valence-electron chi connectivity index (χ3n) is 4.74. The van der Waals surface area contributed by atoms with Crippen molar-refractivity contribution in [3.8, 4) is 16.9 Å². The summed E-state index contributed by atoms with van der Waals surface area (Å²) in [5, 5.41) is 15.2. The van der Waals surface area contributed by atoms with Crippen molar-refractivity contribution < 1.29 is 19.4 Å². The summed E-state index contributed by atoms with van der Waals surface area (Å²) in [4.78, 5) is 24.5. The molecule has 1 fully saturated rings. The maximum atomic E-state index is 12.6. The van der Waals surface area contributed by atoms with E-state index in [1.807, 2.05) is 37.3 Å². The van der Waals surface area contributed by atoms with Gasteiger partial charge in [0.15, 0.2) is 0 Å². The summed E-state index contributed by atoms with van der Waals surface area (Å²) in [5.41, 5.74) is 2.95. The van der Waals surface area contributed by atoms with Crippen LogP contribution in [0, 0.1) is 0 Å². The minimum absolute atomic E-state index is 0.121. The number of hydrogen-bond donors (Lipinski definition) is 3. The lowest BCUT2D eigenvalue weighted by Crippen LogP contribution is -2.50. The minimum atomic E-state index is -0.485. The Labute approximate surface area is 164 Å². The maximum Gasteiger partial charge on any atom is 0.251 e. The van der Waals surface area contributed by atoms with Gasteiger partial charge >= 0.3 is 0 Å². The number of nitrogens with one attached hydrogen (secondary N) is 2. The van der Waals surface area contributed by atoms with E-state index in [0.717, 1.165) is 24.0 Å². The first-order chi connectivity index (χ1) is 13.6. The number of carbonyl (C=O) groups is 2. The summed E-state index contributed by atoms with van der Waals surface area (Å²) >= 11 is 0. The van der Waals surface area contributed by atoms with Gasteiger partial charge in [0.1, 0.15) is 11.8 Å². The van der Waals surface area contributed by atoms with E-state index in [4.69, 9.17) is 4.74 Å². The van der Waals surface area contributed by atoms with E-state index >= 15 is 0 Å². The third kappa shape index (κ3) is 4.70. The fourth-order valence-corrected chi connectivity index (χ4v) is 3.23. The quantitative estimate of drug-likeness (QED) is 0.687. The van der Waals surface area contributed by atoms with Crippen LogP contribution in [-0.2, 0) is 11.4 Å². The Morgan fingerprint density at radius 2 is 2.07 bits per heavy atom. The van der Waals surface area contributed by atoms with E-state index in [9.17, 15) is 14.7 Å². The van der Waals surface area contributed by atoms with E-state index in [1.54, 1.807) is 12.1 Å². The Morgan fingerprint density at radius 3 is 2.82 bits per heavy atom. The second-order valence-corrected chi connectivity index (χ2v) is 6.87. The average molecular weight is 382 g/mol. The highest BCUT2D eigenvalue weighted by Gasteiger charge is 2.24. The molecule has 1 saturated heterocycles. The Balaban J connectivity index is 1.78. The molecule has 1 atom stereocenters. The molecule has 0 aromatic heterocycles. The van der Waals surface area contributed by atoms with Crippen molar-refractivity contribution >= 4 is 11.8 Å². The van der Waals surface area contributed by atoms with Gasteiger partial charge in [-0.25, -0.2) is 0 Å². The molecule has 6 heteroatoms. The molecule has 0 radical (unpaired) electrons. The standard InChI is InChI=1S/C22H26N2O4/c1-2-11-28-20-9-8-16(13-18(20)14-25)15-5-3-6-17(12-15)21(26)24-19-7-4-10-23-22(19)27/h3,5-6,8-9,12-13,19,25H,2,4,7,10-11,14H2,1H3,(H,23,27)(H,24,26)/t19-/m1/s1. The van der Waals surface area contributed by atoms with Crippen molar-refractivity contribution in [1.29, 1.82) is 0 Å². The molecule has 6 nitrogen and oxygen atoms in total. The summed E-state index contributed by atoms with van der Waals surface area (Å²) in [7, 11) is 0. The van der Waals surface area contributed by atoms with Crippen molar-refractivity contribution in [3.05, 3.63) is 53.6 Å². The Morgan fingerprint density at radius 1 is 1.25 bits per heavy atom. The van der Waals surface area contributed by atoms with E-state index in [2.05, 4.69) is 10.6 Å². The van der Waals surface area contributed by atoms with Crippen molar-refractivity contribution in [2.75, 3.05) is 13.2 Å². The van der Waals surface area contributed by atoms with Crippen molar-refractivity contribution in [1.82, 2.24) is 10.6 Å². The molecule has 0 bridgehead atoms. The van der Waals surface area contributed by atoms with Crippen molar-refractivity contribution in [2.24, 2.45) is 0 Å². The van der Waals surface area contributed by atoms with Crippen LogP contribution >= 0.6 is 0 Å². The molecule has 0 saturated carbocycles. The smallest absolute Gasteiger partial charge is 0.251 e. The summed E-state index contributed by atoms with van der Waals surface area (Å²) in [6.07, 6.45) is 2.40. The normalized spacial score (nSPS) is 16.4. The number of piperidine rings is 1. The highest BCUT2D eigenvalue weighted by atomic mass is 16.5. The second-order valence-electron chi connectivity index (χ2n) is 6.87.